The van der Waals surface area contributed by atoms with Gasteiger partial charge in [0, 0.05) is 0 Å². The van der Waals surface area contributed by atoms with Crippen molar-refractivity contribution < 1.29 is 0 Å². The van der Waals surface area contributed by atoms with E-state index in [0.29, 0.717) is 0 Å². The summed E-state index contributed by atoms with van der Waals surface area (Å²) in [4.78, 5) is 0. The van der Waals surface area contributed by atoms with Crippen LogP contribution in [0.3, 0.4) is 0 Å². The maximum Gasteiger partial charge on any atom is -0.00199 e. The summed E-state index contributed by atoms with van der Waals surface area (Å²) >= 11 is 0. The van der Waals surface area contributed by atoms with Gasteiger partial charge in [0.25, 0.3) is 0 Å². The standard InChI is InChI=1S/C56H56/c1-53(2,3)36-24-34(25-37(29-36)54(4,5)6)50-42-20-15-16-21-43(42)51(35-26-38(55(7,8)9)30-39(27-35)56(10,11)12)49-32-46-45(31-48(49)50)44-23-17-22-41-40-19-14-13-18-33(40)28-47(46)52(41)44/h13-32H,1-12H3. The van der Waals surface area contributed by atoms with Crippen LogP contribution in [0.15, 0.2) is 121 Å². The van der Waals surface area contributed by atoms with E-state index in [-0.39, 0.29) is 21.7 Å². The van der Waals surface area contributed by atoms with Crippen LogP contribution in [0, 0.1) is 0 Å². The molecule has 0 fully saturated rings. The molecule has 280 valence electrons. The Morgan fingerprint density at radius 3 is 1.12 bits per heavy atom. The largest absolute Gasteiger partial charge is 0.0616 e. The fourth-order valence-electron chi connectivity index (χ4n) is 9.17. The maximum absolute atomic E-state index is 2.57. The average molecular weight is 729 g/mol. The maximum atomic E-state index is 2.57. The first kappa shape index (κ1) is 36.4. The van der Waals surface area contributed by atoms with Crippen LogP contribution in [0.2, 0.25) is 0 Å². The van der Waals surface area contributed by atoms with Gasteiger partial charge in [0.2, 0.25) is 0 Å². The van der Waals surface area contributed by atoms with Gasteiger partial charge in [-0.1, -0.05) is 186 Å². The van der Waals surface area contributed by atoms with E-state index < -0.39 is 0 Å². The fourth-order valence-corrected chi connectivity index (χ4v) is 9.17. The van der Waals surface area contributed by atoms with Crippen molar-refractivity contribution in [3.8, 4) is 44.5 Å². The van der Waals surface area contributed by atoms with Gasteiger partial charge in [-0.3, -0.25) is 0 Å². The minimum atomic E-state index is -0.00208. The third-order valence-electron chi connectivity index (χ3n) is 12.5. The Hall–Kier alpha value is -5.20. The molecule has 0 saturated heterocycles. The topological polar surface area (TPSA) is 0 Å². The smallest absolute Gasteiger partial charge is 0.00199 e. The predicted octanol–water partition coefficient (Wildman–Crippen LogP) is 16.5. The molecule has 0 unspecified atom stereocenters. The van der Waals surface area contributed by atoms with E-state index >= 15 is 0 Å². The van der Waals surface area contributed by atoms with Gasteiger partial charge in [0.05, 0.1) is 0 Å². The lowest BCUT2D eigenvalue weighted by atomic mass is 9.76. The highest BCUT2D eigenvalue weighted by atomic mass is 14.3. The minimum Gasteiger partial charge on any atom is -0.0616 e. The van der Waals surface area contributed by atoms with Crippen molar-refractivity contribution in [1.29, 1.82) is 0 Å². The Bertz CT molecular complexity index is 2860. The van der Waals surface area contributed by atoms with Crippen molar-refractivity contribution in [2.24, 2.45) is 0 Å². The highest BCUT2D eigenvalue weighted by Crippen LogP contribution is 2.54. The lowest BCUT2D eigenvalue weighted by molar-refractivity contribution is 0.568. The second kappa shape index (κ2) is 12.1. The van der Waals surface area contributed by atoms with Crippen LogP contribution in [0.25, 0.3) is 87.6 Å². The van der Waals surface area contributed by atoms with Gasteiger partial charge in [0.1, 0.15) is 0 Å². The molecule has 0 saturated carbocycles. The number of benzene rings is 8. The number of hydrogen-bond acceptors (Lipinski definition) is 0. The van der Waals surface area contributed by atoms with Gasteiger partial charge in [0.15, 0.2) is 0 Å². The van der Waals surface area contributed by atoms with Crippen LogP contribution in [0.1, 0.15) is 105 Å². The molecule has 1 aliphatic carbocycles. The fraction of sp³-hybridized carbons (Fsp3) is 0.286. The van der Waals surface area contributed by atoms with E-state index in [1.807, 2.05) is 0 Å². The van der Waals surface area contributed by atoms with E-state index in [9.17, 15) is 0 Å². The molecule has 0 heterocycles. The summed E-state index contributed by atoms with van der Waals surface area (Å²) in [5, 5.41) is 10.6. The Kier molecular flexibility index (Phi) is 7.91. The first-order valence-corrected chi connectivity index (χ1v) is 20.6. The zero-order valence-corrected chi connectivity index (χ0v) is 35.5. The van der Waals surface area contributed by atoms with Gasteiger partial charge in [-0.05, 0) is 150 Å². The van der Waals surface area contributed by atoms with E-state index in [1.54, 1.807) is 0 Å². The molecule has 0 nitrogen and oxygen atoms in total. The SMILES string of the molecule is CC(C)(C)c1cc(-c2c3ccccc3c(-c3cc(C(C)(C)C)cc(C(C)(C)C)c3)c3cc4c(cc23)-c2cccc3c2c-4cc2ccccc23)cc(C(C)(C)C)c1. The molecule has 0 bridgehead atoms. The molecule has 0 amide bonds. The summed E-state index contributed by atoms with van der Waals surface area (Å²) in [7, 11) is 0. The van der Waals surface area contributed by atoms with Crippen LogP contribution >= 0.6 is 0 Å². The summed E-state index contributed by atoms with van der Waals surface area (Å²) < 4.78 is 0. The molecular weight excluding hydrogens is 673 g/mol. The van der Waals surface area contributed by atoms with E-state index in [1.165, 1.54) is 110 Å². The molecule has 56 heavy (non-hydrogen) atoms. The zero-order chi connectivity index (χ0) is 39.7. The number of fused-ring (bicyclic) bond motifs is 7. The molecular formula is C56H56. The van der Waals surface area contributed by atoms with Crippen LogP contribution in [0.4, 0.5) is 0 Å². The van der Waals surface area contributed by atoms with E-state index in [4.69, 9.17) is 0 Å². The quantitative estimate of drug-likeness (QED) is 0.123. The lowest BCUT2D eigenvalue weighted by Gasteiger charge is -2.28. The van der Waals surface area contributed by atoms with Gasteiger partial charge in [-0.2, -0.15) is 0 Å². The zero-order valence-electron chi connectivity index (χ0n) is 35.5. The lowest BCUT2D eigenvalue weighted by Crippen LogP contribution is -2.16. The van der Waals surface area contributed by atoms with E-state index in [2.05, 4.69) is 204 Å². The van der Waals surface area contributed by atoms with Gasteiger partial charge in [-0.25, -0.2) is 0 Å². The Balaban J connectivity index is 1.50. The van der Waals surface area contributed by atoms with Crippen molar-refractivity contribution in [3.05, 3.63) is 144 Å². The number of hydrogen-bond donors (Lipinski definition) is 0. The van der Waals surface area contributed by atoms with Crippen molar-refractivity contribution >= 4 is 43.1 Å². The molecule has 0 spiro atoms. The molecule has 8 aromatic carbocycles. The van der Waals surface area contributed by atoms with Crippen molar-refractivity contribution in [2.45, 2.75) is 105 Å². The molecule has 9 rings (SSSR count). The summed E-state index contributed by atoms with van der Waals surface area (Å²) in [6, 6.07) is 47.5. The molecule has 0 aromatic heterocycles. The van der Waals surface area contributed by atoms with Crippen molar-refractivity contribution in [1.82, 2.24) is 0 Å². The van der Waals surface area contributed by atoms with Crippen LogP contribution in [-0.2, 0) is 21.7 Å². The predicted molar refractivity (Wildman–Crippen MR) is 247 cm³/mol. The third-order valence-corrected chi connectivity index (χ3v) is 12.5. The summed E-state index contributed by atoms with van der Waals surface area (Å²) in [5.41, 5.74) is 16.1. The minimum absolute atomic E-state index is 0.00114. The second-order valence-electron chi connectivity index (χ2n) is 20.7. The van der Waals surface area contributed by atoms with Crippen LogP contribution < -0.4 is 0 Å². The molecule has 1 aliphatic rings. The Morgan fingerprint density at radius 1 is 0.286 bits per heavy atom. The normalized spacial score (nSPS) is 13.4. The first-order chi connectivity index (χ1) is 26.3. The average Bonchev–Trinajstić information content (AvgIpc) is 3.44. The monoisotopic (exact) mass is 728 g/mol. The van der Waals surface area contributed by atoms with Crippen molar-refractivity contribution in [3.63, 3.8) is 0 Å². The molecule has 8 aromatic rings. The third kappa shape index (κ3) is 5.79. The van der Waals surface area contributed by atoms with Gasteiger partial charge < -0.3 is 0 Å². The molecule has 0 N–H and O–H groups in total. The second-order valence-corrected chi connectivity index (χ2v) is 20.7. The molecule has 0 radical (unpaired) electrons. The van der Waals surface area contributed by atoms with Crippen LogP contribution in [-0.4, -0.2) is 0 Å². The Labute approximate surface area is 334 Å². The van der Waals surface area contributed by atoms with Gasteiger partial charge >= 0.3 is 0 Å². The van der Waals surface area contributed by atoms with Gasteiger partial charge in [-0.15, -0.1) is 0 Å². The summed E-state index contributed by atoms with van der Waals surface area (Å²) in [6.07, 6.45) is 0. The first-order valence-electron chi connectivity index (χ1n) is 20.6. The summed E-state index contributed by atoms with van der Waals surface area (Å²) in [6.45, 7) is 28.2. The van der Waals surface area contributed by atoms with Crippen molar-refractivity contribution in [2.75, 3.05) is 0 Å². The highest BCUT2D eigenvalue weighted by molar-refractivity contribution is 6.28. The summed E-state index contributed by atoms with van der Waals surface area (Å²) in [5.74, 6) is 0. The molecule has 0 aliphatic heterocycles. The highest BCUT2D eigenvalue weighted by Gasteiger charge is 2.29. The molecule has 0 heteroatoms. The number of rotatable bonds is 2. The van der Waals surface area contributed by atoms with E-state index in [0.717, 1.165) is 0 Å². The van der Waals surface area contributed by atoms with Crippen LogP contribution in [0.5, 0.6) is 0 Å². The molecule has 0 atom stereocenters. The Morgan fingerprint density at radius 2 is 0.679 bits per heavy atom.